The second-order valence-electron chi connectivity index (χ2n) is 5.31. The first-order valence-corrected chi connectivity index (χ1v) is 7.72. The SMILES string of the molecule is COC(=O)c1c(F)ccc(-c2cnn(C3CCCCO3)c2)c1Cl. The summed E-state index contributed by atoms with van der Waals surface area (Å²) in [5.74, 6) is -1.52. The molecular formula is C16H16ClFN2O3. The molecule has 122 valence electrons. The van der Waals surface area contributed by atoms with Gasteiger partial charge in [0, 0.05) is 23.9 Å². The molecule has 2 heterocycles. The van der Waals surface area contributed by atoms with E-state index < -0.39 is 11.8 Å². The summed E-state index contributed by atoms with van der Waals surface area (Å²) < 4.78 is 25.8. The van der Waals surface area contributed by atoms with Crippen molar-refractivity contribution in [2.24, 2.45) is 0 Å². The van der Waals surface area contributed by atoms with Gasteiger partial charge < -0.3 is 9.47 Å². The van der Waals surface area contributed by atoms with E-state index in [0.717, 1.165) is 19.3 Å². The van der Waals surface area contributed by atoms with Crippen molar-refractivity contribution < 1.29 is 18.7 Å². The Balaban J connectivity index is 1.96. The molecule has 0 N–H and O–H groups in total. The quantitative estimate of drug-likeness (QED) is 0.798. The molecule has 1 atom stereocenters. The minimum atomic E-state index is -0.808. The lowest BCUT2D eigenvalue weighted by Crippen LogP contribution is -2.18. The summed E-state index contributed by atoms with van der Waals surface area (Å²) in [6.45, 7) is 0.712. The number of ether oxygens (including phenoxy) is 2. The average molecular weight is 339 g/mol. The number of carbonyl (C=O) groups is 1. The summed E-state index contributed by atoms with van der Waals surface area (Å²) >= 11 is 6.21. The third-order valence-electron chi connectivity index (χ3n) is 3.84. The molecular weight excluding hydrogens is 323 g/mol. The van der Waals surface area contributed by atoms with Crippen LogP contribution in [0.5, 0.6) is 0 Å². The number of hydrogen-bond acceptors (Lipinski definition) is 4. The summed E-state index contributed by atoms with van der Waals surface area (Å²) in [5, 5.41) is 4.31. The number of hydrogen-bond donors (Lipinski definition) is 0. The maximum absolute atomic E-state index is 13.9. The van der Waals surface area contributed by atoms with E-state index in [1.54, 1.807) is 17.1 Å². The van der Waals surface area contributed by atoms with Gasteiger partial charge in [-0.25, -0.2) is 13.9 Å². The number of halogens is 2. The molecule has 1 unspecified atom stereocenters. The second kappa shape index (κ2) is 6.68. The number of carbonyl (C=O) groups excluding carboxylic acids is 1. The molecule has 2 aromatic rings. The Bertz CT molecular complexity index is 726. The zero-order valence-corrected chi connectivity index (χ0v) is 13.3. The van der Waals surface area contributed by atoms with E-state index in [1.807, 2.05) is 0 Å². The van der Waals surface area contributed by atoms with Crippen LogP contribution in [0.4, 0.5) is 4.39 Å². The monoisotopic (exact) mass is 338 g/mol. The van der Waals surface area contributed by atoms with Gasteiger partial charge in [0.05, 0.1) is 18.3 Å². The van der Waals surface area contributed by atoms with Crippen LogP contribution in [0.1, 0.15) is 35.8 Å². The highest BCUT2D eigenvalue weighted by Crippen LogP contribution is 2.33. The Morgan fingerprint density at radius 2 is 2.30 bits per heavy atom. The number of nitrogens with zero attached hydrogens (tertiary/aromatic N) is 2. The molecule has 1 aliphatic rings. The third-order valence-corrected chi connectivity index (χ3v) is 4.24. The molecule has 0 spiro atoms. The first-order chi connectivity index (χ1) is 11.1. The van der Waals surface area contributed by atoms with E-state index in [4.69, 9.17) is 16.3 Å². The largest absolute Gasteiger partial charge is 0.465 e. The third kappa shape index (κ3) is 3.09. The first kappa shape index (κ1) is 16.0. The van der Waals surface area contributed by atoms with Crippen LogP contribution in [-0.4, -0.2) is 29.5 Å². The van der Waals surface area contributed by atoms with Gasteiger partial charge in [0.1, 0.15) is 17.6 Å². The Kier molecular flexibility index (Phi) is 4.63. The summed E-state index contributed by atoms with van der Waals surface area (Å²) in [4.78, 5) is 11.7. The molecule has 1 aliphatic heterocycles. The van der Waals surface area contributed by atoms with Crippen LogP contribution in [0.2, 0.25) is 5.02 Å². The normalized spacial score (nSPS) is 18.0. The predicted octanol–water partition coefficient (Wildman–Crippen LogP) is 3.83. The van der Waals surface area contributed by atoms with Crippen LogP contribution in [0.3, 0.4) is 0 Å². The number of rotatable bonds is 3. The molecule has 7 heteroatoms. The number of methoxy groups -OCH3 is 1. The highest BCUT2D eigenvalue weighted by Gasteiger charge is 2.22. The molecule has 23 heavy (non-hydrogen) atoms. The standard InChI is InChI=1S/C16H16ClFN2O3/c1-22-16(21)14-12(18)6-5-11(15(14)17)10-8-19-20(9-10)13-4-2-3-7-23-13/h5-6,8-9,13H,2-4,7H2,1H3. The zero-order chi connectivity index (χ0) is 16.4. The van der Waals surface area contributed by atoms with Gasteiger partial charge in [-0.2, -0.15) is 5.10 Å². The van der Waals surface area contributed by atoms with E-state index in [-0.39, 0.29) is 16.8 Å². The van der Waals surface area contributed by atoms with E-state index in [9.17, 15) is 9.18 Å². The summed E-state index contributed by atoms with van der Waals surface area (Å²) in [7, 11) is 1.18. The molecule has 0 saturated carbocycles. The fraction of sp³-hybridized carbons (Fsp3) is 0.375. The predicted molar refractivity (Wildman–Crippen MR) is 82.8 cm³/mol. The van der Waals surface area contributed by atoms with Crippen molar-refractivity contribution in [3.8, 4) is 11.1 Å². The van der Waals surface area contributed by atoms with E-state index in [1.165, 1.54) is 19.2 Å². The number of aromatic nitrogens is 2. The molecule has 0 aliphatic carbocycles. The lowest BCUT2D eigenvalue weighted by molar-refractivity contribution is -0.0394. The lowest BCUT2D eigenvalue weighted by Gasteiger charge is -2.22. The minimum Gasteiger partial charge on any atom is -0.465 e. The highest BCUT2D eigenvalue weighted by atomic mass is 35.5. The van der Waals surface area contributed by atoms with Crippen molar-refractivity contribution in [1.29, 1.82) is 0 Å². The van der Waals surface area contributed by atoms with Gasteiger partial charge in [-0.1, -0.05) is 11.6 Å². The van der Waals surface area contributed by atoms with Crippen LogP contribution in [0.15, 0.2) is 24.5 Å². The van der Waals surface area contributed by atoms with Crippen LogP contribution >= 0.6 is 11.6 Å². The fourth-order valence-electron chi connectivity index (χ4n) is 2.63. The molecule has 3 rings (SSSR count). The molecule has 0 amide bonds. The van der Waals surface area contributed by atoms with Crippen molar-refractivity contribution in [3.05, 3.63) is 40.9 Å². The van der Waals surface area contributed by atoms with E-state index >= 15 is 0 Å². The topological polar surface area (TPSA) is 53.3 Å². The van der Waals surface area contributed by atoms with Crippen molar-refractivity contribution >= 4 is 17.6 Å². The van der Waals surface area contributed by atoms with Crippen LogP contribution in [0.25, 0.3) is 11.1 Å². The maximum atomic E-state index is 13.9. The van der Waals surface area contributed by atoms with Gasteiger partial charge in [0.2, 0.25) is 0 Å². The molecule has 1 fully saturated rings. The molecule has 0 bridgehead atoms. The van der Waals surface area contributed by atoms with Gasteiger partial charge in [0.15, 0.2) is 0 Å². The van der Waals surface area contributed by atoms with Crippen molar-refractivity contribution in [1.82, 2.24) is 9.78 Å². The summed E-state index contributed by atoms with van der Waals surface area (Å²) in [5.41, 5.74) is 0.943. The van der Waals surface area contributed by atoms with Gasteiger partial charge in [-0.15, -0.1) is 0 Å². The lowest BCUT2D eigenvalue weighted by atomic mass is 10.1. The summed E-state index contributed by atoms with van der Waals surface area (Å²) in [6.07, 6.45) is 6.34. The van der Waals surface area contributed by atoms with Gasteiger partial charge in [-0.05, 0) is 31.4 Å². The average Bonchev–Trinajstić information content (AvgIpc) is 3.05. The highest BCUT2D eigenvalue weighted by molar-refractivity contribution is 6.36. The van der Waals surface area contributed by atoms with Crippen molar-refractivity contribution in [2.45, 2.75) is 25.5 Å². The Morgan fingerprint density at radius 1 is 1.48 bits per heavy atom. The molecule has 1 saturated heterocycles. The summed E-state index contributed by atoms with van der Waals surface area (Å²) in [6, 6.07) is 2.72. The maximum Gasteiger partial charge on any atom is 0.342 e. The van der Waals surface area contributed by atoms with Crippen LogP contribution in [-0.2, 0) is 9.47 Å². The fourth-order valence-corrected chi connectivity index (χ4v) is 2.97. The van der Waals surface area contributed by atoms with Crippen LogP contribution in [0, 0.1) is 5.82 Å². The van der Waals surface area contributed by atoms with E-state index in [2.05, 4.69) is 9.84 Å². The Labute approximate surface area is 138 Å². The van der Waals surface area contributed by atoms with Crippen LogP contribution < -0.4 is 0 Å². The molecule has 5 nitrogen and oxygen atoms in total. The Morgan fingerprint density at radius 3 is 3.00 bits per heavy atom. The van der Waals surface area contributed by atoms with Crippen molar-refractivity contribution in [2.75, 3.05) is 13.7 Å². The minimum absolute atomic E-state index is 0.0148. The number of benzene rings is 1. The van der Waals surface area contributed by atoms with Gasteiger partial charge in [0.25, 0.3) is 0 Å². The van der Waals surface area contributed by atoms with Gasteiger partial charge >= 0.3 is 5.97 Å². The molecule has 1 aromatic carbocycles. The molecule has 0 radical (unpaired) electrons. The van der Waals surface area contributed by atoms with Gasteiger partial charge in [-0.3, -0.25) is 0 Å². The molecule has 1 aromatic heterocycles. The first-order valence-electron chi connectivity index (χ1n) is 7.34. The Hall–Kier alpha value is -1.92. The zero-order valence-electron chi connectivity index (χ0n) is 12.6. The number of esters is 1. The van der Waals surface area contributed by atoms with Crippen molar-refractivity contribution in [3.63, 3.8) is 0 Å². The smallest absolute Gasteiger partial charge is 0.342 e. The van der Waals surface area contributed by atoms with E-state index in [0.29, 0.717) is 17.7 Å². The second-order valence-corrected chi connectivity index (χ2v) is 5.68.